The molecule has 1 saturated carbocycles. The average molecular weight is 361 g/mol. The summed E-state index contributed by atoms with van der Waals surface area (Å²) in [6, 6.07) is 14.1. The first-order valence-electron chi connectivity index (χ1n) is 9.63. The van der Waals surface area contributed by atoms with E-state index in [1.54, 1.807) is 6.20 Å². The highest BCUT2D eigenvalue weighted by Crippen LogP contribution is 2.28. The molecule has 0 bridgehead atoms. The molecule has 1 aromatic carbocycles. The van der Waals surface area contributed by atoms with Gasteiger partial charge in [0.2, 0.25) is 5.91 Å². The minimum atomic E-state index is -0.275. The zero-order chi connectivity index (χ0) is 18.2. The Bertz CT molecular complexity index is 977. The molecule has 3 aromatic rings. The maximum atomic E-state index is 12.7. The highest BCUT2D eigenvalue weighted by molar-refractivity contribution is 5.81. The van der Waals surface area contributed by atoms with Gasteiger partial charge in [-0.25, -0.2) is 0 Å². The minimum Gasteiger partial charge on any atom is -0.354 e. The molecule has 2 aliphatic rings. The SMILES string of the molecule is O=C(NCC1CC1)C1CN(Cc2ccc3ccccc3n2)Cc2ccnn21. The van der Waals surface area contributed by atoms with Crippen molar-refractivity contribution in [1.82, 2.24) is 25.0 Å². The van der Waals surface area contributed by atoms with Crippen LogP contribution in [0.2, 0.25) is 0 Å². The molecule has 6 heteroatoms. The van der Waals surface area contributed by atoms with Crippen LogP contribution in [-0.4, -0.2) is 38.7 Å². The number of hydrogen-bond donors (Lipinski definition) is 1. The van der Waals surface area contributed by atoms with Gasteiger partial charge in [0.1, 0.15) is 6.04 Å². The van der Waals surface area contributed by atoms with Crippen LogP contribution in [0.1, 0.15) is 30.3 Å². The molecule has 3 heterocycles. The van der Waals surface area contributed by atoms with Crippen LogP contribution in [0.25, 0.3) is 10.9 Å². The smallest absolute Gasteiger partial charge is 0.246 e. The lowest BCUT2D eigenvalue weighted by Gasteiger charge is -2.33. The first-order valence-corrected chi connectivity index (χ1v) is 9.63. The highest BCUT2D eigenvalue weighted by Gasteiger charge is 2.32. The fourth-order valence-electron chi connectivity index (χ4n) is 3.79. The third-order valence-corrected chi connectivity index (χ3v) is 5.47. The van der Waals surface area contributed by atoms with Gasteiger partial charge in [-0.05, 0) is 37.0 Å². The van der Waals surface area contributed by atoms with Crippen molar-refractivity contribution in [1.29, 1.82) is 0 Å². The van der Waals surface area contributed by atoms with Crippen LogP contribution in [0.3, 0.4) is 0 Å². The molecule has 1 fully saturated rings. The van der Waals surface area contributed by atoms with E-state index in [9.17, 15) is 4.79 Å². The molecule has 0 radical (unpaired) electrons. The standard InChI is InChI=1S/C21H23N5O/c27-21(22-11-15-5-6-15)20-14-25(13-18-9-10-23-26(18)20)12-17-8-7-16-3-1-2-4-19(16)24-17/h1-4,7-10,15,20H,5-6,11-14H2,(H,22,27). The molecule has 1 aliphatic carbocycles. The first-order chi connectivity index (χ1) is 13.3. The topological polar surface area (TPSA) is 63.1 Å². The monoisotopic (exact) mass is 361 g/mol. The maximum Gasteiger partial charge on any atom is 0.246 e. The predicted octanol–water partition coefficient (Wildman–Crippen LogP) is 2.51. The highest BCUT2D eigenvalue weighted by atomic mass is 16.2. The van der Waals surface area contributed by atoms with Gasteiger partial charge < -0.3 is 5.32 Å². The molecule has 0 spiro atoms. The fourth-order valence-corrected chi connectivity index (χ4v) is 3.79. The molecule has 0 saturated heterocycles. The van der Waals surface area contributed by atoms with Gasteiger partial charge in [0.25, 0.3) is 0 Å². The van der Waals surface area contributed by atoms with E-state index >= 15 is 0 Å². The van der Waals surface area contributed by atoms with Crippen molar-refractivity contribution in [2.24, 2.45) is 5.92 Å². The number of carbonyl (C=O) groups excluding carboxylic acids is 1. The van der Waals surface area contributed by atoms with E-state index in [1.807, 2.05) is 28.9 Å². The summed E-state index contributed by atoms with van der Waals surface area (Å²) in [5.74, 6) is 0.746. The first kappa shape index (κ1) is 16.4. The number of amides is 1. The van der Waals surface area contributed by atoms with E-state index in [4.69, 9.17) is 4.98 Å². The summed E-state index contributed by atoms with van der Waals surface area (Å²) in [5.41, 5.74) is 3.11. The van der Waals surface area contributed by atoms with Crippen molar-refractivity contribution in [3.05, 3.63) is 60.0 Å². The molecule has 2 aromatic heterocycles. The molecule has 1 unspecified atom stereocenters. The second-order valence-corrected chi connectivity index (χ2v) is 7.64. The molecule has 1 amide bonds. The summed E-state index contributed by atoms with van der Waals surface area (Å²) in [5, 5.41) is 8.66. The Morgan fingerprint density at radius 1 is 1.15 bits per heavy atom. The lowest BCUT2D eigenvalue weighted by atomic mass is 10.1. The number of nitrogens with one attached hydrogen (secondary N) is 1. The summed E-state index contributed by atoms with van der Waals surface area (Å²) in [6.45, 7) is 2.95. The molecule has 1 atom stereocenters. The van der Waals surface area contributed by atoms with Crippen LogP contribution < -0.4 is 5.32 Å². The fraction of sp³-hybridized carbons (Fsp3) is 0.381. The number of rotatable bonds is 5. The van der Waals surface area contributed by atoms with E-state index < -0.39 is 0 Å². The zero-order valence-electron chi connectivity index (χ0n) is 15.2. The number of hydrogen-bond acceptors (Lipinski definition) is 4. The number of nitrogens with zero attached hydrogens (tertiary/aromatic N) is 4. The van der Waals surface area contributed by atoms with Crippen molar-refractivity contribution < 1.29 is 4.79 Å². The van der Waals surface area contributed by atoms with E-state index in [2.05, 4.69) is 33.5 Å². The van der Waals surface area contributed by atoms with Crippen LogP contribution >= 0.6 is 0 Å². The molecule has 27 heavy (non-hydrogen) atoms. The van der Waals surface area contributed by atoms with Gasteiger partial charge in [0.05, 0.1) is 16.9 Å². The Labute approximate surface area is 158 Å². The summed E-state index contributed by atoms with van der Waals surface area (Å²) >= 11 is 0. The molecule has 5 rings (SSSR count). The number of para-hydroxylation sites is 1. The Balaban J connectivity index is 1.34. The van der Waals surface area contributed by atoms with Crippen molar-refractivity contribution in [3.8, 4) is 0 Å². The van der Waals surface area contributed by atoms with Crippen LogP contribution in [-0.2, 0) is 17.9 Å². The van der Waals surface area contributed by atoms with Gasteiger partial charge in [-0.1, -0.05) is 24.3 Å². The van der Waals surface area contributed by atoms with Crippen molar-refractivity contribution in [2.45, 2.75) is 32.0 Å². The lowest BCUT2D eigenvalue weighted by Crippen LogP contribution is -2.45. The van der Waals surface area contributed by atoms with Gasteiger partial charge in [-0.3, -0.25) is 19.4 Å². The van der Waals surface area contributed by atoms with E-state index in [1.165, 1.54) is 12.8 Å². The van der Waals surface area contributed by atoms with Gasteiger partial charge in [-0.2, -0.15) is 5.10 Å². The van der Waals surface area contributed by atoms with E-state index in [-0.39, 0.29) is 11.9 Å². The second kappa shape index (κ2) is 6.78. The van der Waals surface area contributed by atoms with E-state index in [0.29, 0.717) is 12.5 Å². The molecule has 1 aliphatic heterocycles. The third kappa shape index (κ3) is 3.45. The van der Waals surface area contributed by atoms with E-state index in [0.717, 1.165) is 41.9 Å². The van der Waals surface area contributed by atoms with Crippen molar-refractivity contribution in [2.75, 3.05) is 13.1 Å². The van der Waals surface area contributed by atoms with Crippen LogP contribution in [0, 0.1) is 5.92 Å². The number of pyridine rings is 1. The quantitative estimate of drug-likeness (QED) is 0.758. The molecule has 138 valence electrons. The number of carbonyl (C=O) groups is 1. The summed E-state index contributed by atoms with van der Waals surface area (Å²) in [4.78, 5) is 19.8. The number of aromatic nitrogens is 3. The van der Waals surface area contributed by atoms with Gasteiger partial charge >= 0.3 is 0 Å². The molecule has 6 nitrogen and oxygen atoms in total. The molecule has 1 N–H and O–H groups in total. The predicted molar refractivity (Wildman–Crippen MR) is 103 cm³/mol. The van der Waals surface area contributed by atoms with Crippen LogP contribution in [0.5, 0.6) is 0 Å². The van der Waals surface area contributed by atoms with Crippen LogP contribution in [0.15, 0.2) is 48.7 Å². The summed E-state index contributed by atoms with van der Waals surface area (Å²) < 4.78 is 1.88. The largest absolute Gasteiger partial charge is 0.354 e. The van der Waals surface area contributed by atoms with Gasteiger partial charge in [-0.15, -0.1) is 0 Å². The lowest BCUT2D eigenvalue weighted by molar-refractivity contribution is -0.126. The summed E-state index contributed by atoms with van der Waals surface area (Å²) in [6.07, 6.45) is 4.25. The Kier molecular flexibility index (Phi) is 4.13. The maximum absolute atomic E-state index is 12.7. The van der Waals surface area contributed by atoms with Gasteiger partial charge in [0, 0.05) is 37.8 Å². The van der Waals surface area contributed by atoms with Crippen LogP contribution in [0.4, 0.5) is 0 Å². The average Bonchev–Trinajstić information content (AvgIpc) is 3.41. The Hall–Kier alpha value is -2.73. The third-order valence-electron chi connectivity index (χ3n) is 5.47. The zero-order valence-corrected chi connectivity index (χ0v) is 15.2. The second-order valence-electron chi connectivity index (χ2n) is 7.64. The Morgan fingerprint density at radius 3 is 2.93 bits per heavy atom. The molecular formula is C21H23N5O. The normalized spacial score (nSPS) is 19.8. The van der Waals surface area contributed by atoms with Crippen molar-refractivity contribution in [3.63, 3.8) is 0 Å². The summed E-state index contributed by atoms with van der Waals surface area (Å²) in [7, 11) is 0. The molecular weight excluding hydrogens is 338 g/mol. The number of benzene rings is 1. The number of fused-ring (bicyclic) bond motifs is 2. The van der Waals surface area contributed by atoms with Gasteiger partial charge in [0.15, 0.2) is 0 Å². The Morgan fingerprint density at radius 2 is 2.04 bits per heavy atom. The van der Waals surface area contributed by atoms with Crippen molar-refractivity contribution >= 4 is 16.8 Å². The minimum absolute atomic E-state index is 0.0722.